The number of amides is 2. The molecule has 0 aromatic heterocycles. The molecule has 1 saturated heterocycles. The molecule has 2 amide bonds. The predicted octanol–water partition coefficient (Wildman–Crippen LogP) is 1.47. The van der Waals surface area contributed by atoms with Gasteiger partial charge < -0.3 is 14.8 Å². The zero-order valence-electron chi connectivity index (χ0n) is 17.5. The minimum atomic E-state index is -0.553. The second kappa shape index (κ2) is 9.75. The number of carbonyl (C=O) groups excluding carboxylic acids is 2. The molecule has 32 heavy (non-hydrogen) atoms. The van der Waals surface area contributed by atoms with Crippen molar-refractivity contribution in [3.8, 4) is 5.75 Å². The molecule has 2 aromatic carbocycles. The maximum atomic E-state index is 12.7. The standard InChI is InChI=1S/C22H24N4O6/c27-21(14-25-19-11-18(26(29)30)5-6-20(19)32-15-22(25)28)23-12-16-3-1-2-4-17(16)13-24-7-9-31-10-8-24/h1-6,11H,7-10,12-15H2,(H,23,27). The van der Waals surface area contributed by atoms with Gasteiger partial charge in [-0.1, -0.05) is 24.3 Å². The molecule has 0 spiro atoms. The highest BCUT2D eigenvalue weighted by Crippen LogP contribution is 2.35. The molecule has 2 heterocycles. The van der Waals surface area contributed by atoms with E-state index in [4.69, 9.17) is 9.47 Å². The van der Waals surface area contributed by atoms with Crippen LogP contribution in [0.5, 0.6) is 5.75 Å². The largest absolute Gasteiger partial charge is 0.482 e. The molecule has 10 nitrogen and oxygen atoms in total. The maximum Gasteiger partial charge on any atom is 0.271 e. The van der Waals surface area contributed by atoms with Crippen molar-refractivity contribution in [2.75, 3.05) is 44.4 Å². The molecule has 0 radical (unpaired) electrons. The number of non-ortho nitro benzene ring substituents is 1. The van der Waals surface area contributed by atoms with Crippen molar-refractivity contribution < 1.29 is 24.0 Å². The number of carbonyl (C=O) groups is 2. The fraction of sp³-hybridized carbons (Fsp3) is 0.364. The second-order valence-electron chi connectivity index (χ2n) is 7.61. The summed E-state index contributed by atoms with van der Waals surface area (Å²) in [5, 5.41) is 14.0. The van der Waals surface area contributed by atoms with E-state index in [1.165, 1.54) is 23.1 Å². The van der Waals surface area contributed by atoms with Crippen LogP contribution in [-0.4, -0.2) is 61.1 Å². The molecule has 0 aliphatic carbocycles. The molecule has 10 heteroatoms. The summed E-state index contributed by atoms with van der Waals surface area (Å²) in [6.45, 7) is 3.78. The molecule has 2 aliphatic heterocycles. The first-order valence-corrected chi connectivity index (χ1v) is 10.4. The van der Waals surface area contributed by atoms with Gasteiger partial charge in [-0.15, -0.1) is 0 Å². The molecule has 0 atom stereocenters. The number of nitrogens with zero attached hydrogens (tertiary/aromatic N) is 3. The average molecular weight is 440 g/mol. The predicted molar refractivity (Wildman–Crippen MR) is 115 cm³/mol. The van der Waals surface area contributed by atoms with Gasteiger partial charge >= 0.3 is 0 Å². The molecular formula is C22H24N4O6. The van der Waals surface area contributed by atoms with Crippen LogP contribution >= 0.6 is 0 Å². The topological polar surface area (TPSA) is 114 Å². The first-order chi connectivity index (χ1) is 15.5. The third-order valence-electron chi connectivity index (χ3n) is 5.49. The van der Waals surface area contributed by atoms with Gasteiger partial charge in [0.15, 0.2) is 6.61 Å². The van der Waals surface area contributed by atoms with Gasteiger partial charge in [0, 0.05) is 38.3 Å². The molecule has 2 aliphatic rings. The van der Waals surface area contributed by atoms with E-state index in [9.17, 15) is 19.7 Å². The van der Waals surface area contributed by atoms with E-state index >= 15 is 0 Å². The number of hydrogen-bond donors (Lipinski definition) is 1. The van der Waals surface area contributed by atoms with Crippen LogP contribution in [0.1, 0.15) is 11.1 Å². The van der Waals surface area contributed by atoms with Crippen LogP contribution in [0.25, 0.3) is 0 Å². The average Bonchev–Trinajstić information content (AvgIpc) is 2.80. The number of morpholine rings is 1. The van der Waals surface area contributed by atoms with Crippen molar-refractivity contribution in [1.29, 1.82) is 0 Å². The molecule has 2 aromatic rings. The highest BCUT2D eigenvalue weighted by Gasteiger charge is 2.29. The summed E-state index contributed by atoms with van der Waals surface area (Å²) < 4.78 is 10.7. The van der Waals surface area contributed by atoms with Crippen LogP contribution in [0, 0.1) is 10.1 Å². The lowest BCUT2D eigenvalue weighted by Gasteiger charge is -2.29. The Kier molecular flexibility index (Phi) is 6.62. The minimum absolute atomic E-state index is 0.176. The quantitative estimate of drug-likeness (QED) is 0.512. The number of nitro groups is 1. The molecule has 4 rings (SSSR count). The Bertz CT molecular complexity index is 1020. The van der Waals surface area contributed by atoms with Crippen LogP contribution in [0.2, 0.25) is 0 Å². The number of benzene rings is 2. The Labute approximate surface area is 184 Å². The highest BCUT2D eigenvalue weighted by molar-refractivity contribution is 6.02. The summed E-state index contributed by atoms with van der Waals surface area (Å²) in [4.78, 5) is 39.1. The van der Waals surface area contributed by atoms with Crippen LogP contribution < -0.4 is 15.0 Å². The highest BCUT2D eigenvalue weighted by atomic mass is 16.6. The lowest BCUT2D eigenvalue weighted by atomic mass is 10.1. The molecule has 1 fully saturated rings. The van der Waals surface area contributed by atoms with Crippen LogP contribution in [0.4, 0.5) is 11.4 Å². The fourth-order valence-electron chi connectivity index (χ4n) is 3.76. The minimum Gasteiger partial charge on any atom is -0.482 e. The number of nitrogens with one attached hydrogen (secondary N) is 1. The van der Waals surface area contributed by atoms with Crippen LogP contribution in [0.3, 0.4) is 0 Å². The summed E-state index contributed by atoms with van der Waals surface area (Å²) in [6.07, 6.45) is 0. The van der Waals surface area contributed by atoms with Gasteiger partial charge in [0.05, 0.1) is 23.8 Å². The maximum absolute atomic E-state index is 12.7. The number of fused-ring (bicyclic) bond motifs is 1. The summed E-state index contributed by atoms with van der Waals surface area (Å²) in [5.41, 5.74) is 2.16. The fourth-order valence-corrected chi connectivity index (χ4v) is 3.76. The Hall–Kier alpha value is -3.50. The number of anilines is 1. The van der Waals surface area contributed by atoms with Gasteiger partial charge in [-0.25, -0.2) is 0 Å². The summed E-state index contributed by atoms with van der Waals surface area (Å²) >= 11 is 0. The van der Waals surface area contributed by atoms with Crippen molar-refractivity contribution in [2.24, 2.45) is 0 Å². The monoisotopic (exact) mass is 440 g/mol. The second-order valence-corrected chi connectivity index (χ2v) is 7.61. The van der Waals surface area contributed by atoms with E-state index in [2.05, 4.69) is 10.2 Å². The normalized spacial score (nSPS) is 16.2. The molecule has 0 bridgehead atoms. The number of nitro benzene ring substituents is 1. The van der Waals surface area contributed by atoms with Gasteiger partial charge in [-0.2, -0.15) is 0 Å². The Morgan fingerprint density at radius 1 is 1.12 bits per heavy atom. The molecule has 1 N–H and O–H groups in total. The summed E-state index contributed by atoms with van der Waals surface area (Å²) in [7, 11) is 0. The number of rotatable bonds is 7. The van der Waals surface area contributed by atoms with E-state index in [0.29, 0.717) is 25.5 Å². The van der Waals surface area contributed by atoms with Gasteiger partial charge in [-0.3, -0.25) is 29.5 Å². The van der Waals surface area contributed by atoms with Crippen molar-refractivity contribution in [3.63, 3.8) is 0 Å². The van der Waals surface area contributed by atoms with Crippen molar-refractivity contribution in [3.05, 3.63) is 63.7 Å². The first kappa shape index (κ1) is 21.7. The molecule has 168 valence electrons. The lowest BCUT2D eigenvalue weighted by molar-refractivity contribution is -0.384. The smallest absolute Gasteiger partial charge is 0.271 e. The summed E-state index contributed by atoms with van der Waals surface area (Å²) in [5.74, 6) is -0.460. The molecule has 0 saturated carbocycles. The van der Waals surface area contributed by atoms with E-state index in [1.807, 2.05) is 24.3 Å². The molecule has 0 unspecified atom stereocenters. The van der Waals surface area contributed by atoms with E-state index < -0.39 is 10.8 Å². The van der Waals surface area contributed by atoms with Crippen LogP contribution in [0.15, 0.2) is 42.5 Å². The first-order valence-electron chi connectivity index (χ1n) is 10.4. The SMILES string of the molecule is O=C(CN1C(=O)COc2ccc([N+](=O)[O-])cc21)NCc1ccccc1CN1CCOCC1. The van der Waals surface area contributed by atoms with Crippen molar-refractivity contribution in [2.45, 2.75) is 13.1 Å². The Morgan fingerprint density at radius 2 is 1.88 bits per heavy atom. The Balaban J connectivity index is 1.41. The Morgan fingerprint density at radius 3 is 2.62 bits per heavy atom. The lowest BCUT2D eigenvalue weighted by Crippen LogP contribution is -2.45. The molecular weight excluding hydrogens is 416 g/mol. The third-order valence-corrected chi connectivity index (χ3v) is 5.49. The van der Waals surface area contributed by atoms with Crippen LogP contribution in [-0.2, 0) is 27.4 Å². The summed E-state index contributed by atoms with van der Waals surface area (Å²) in [6, 6.07) is 11.9. The van der Waals surface area contributed by atoms with Gasteiger partial charge in [-0.05, 0) is 17.2 Å². The van der Waals surface area contributed by atoms with Crippen molar-refractivity contribution >= 4 is 23.2 Å². The van der Waals surface area contributed by atoms with Crippen molar-refractivity contribution in [1.82, 2.24) is 10.2 Å². The van der Waals surface area contributed by atoms with Gasteiger partial charge in [0.1, 0.15) is 12.3 Å². The van der Waals surface area contributed by atoms with E-state index in [0.717, 1.165) is 30.8 Å². The van der Waals surface area contributed by atoms with E-state index in [-0.39, 0.29) is 30.4 Å². The number of hydrogen-bond acceptors (Lipinski definition) is 7. The van der Waals surface area contributed by atoms with Gasteiger partial charge in [0.25, 0.3) is 11.6 Å². The van der Waals surface area contributed by atoms with E-state index in [1.54, 1.807) is 0 Å². The zero-order valence-corrected chi connectivity index (χ0v) is 17.5. The van der Waals surface area contributed by atoms with Gasteiger partial charge in [0.2, 0.25) is 5.91 Å². The zero-order chi connectivity index (χ0) is 22.5. The third kappa shape index (κ3) is 5.04. The number of ether oxygens (including phenoxy) is 2.